The van der Waals surface area contributed by atoms with Gasteiger partial charge >= 0.3 is 0 Å². The minimum absolute atomic E-state index is 0.267. The minimum atomic E-state index is -0.267. The molecule has 8 heteroatoms. The van der Waals surface area contributed by atoms with E-state index in [1.165, 1.54) is 12.1 Å². The van der Waals surface area contributed by atoms with E-state index in [0.29, 0.717) is 10.7 Å². The third kappa shape index (κ3) is 3.33. The second kappa shape index (κ2) is 7.23. The van der Waals surface area contributed by atoms with Gasteiger partial charge in [0, 0.05) is 11.9 Å². The first-order valence-electron chi connectivity index (χ1n) is 8.62. The Kier molecular flexibility index (Phi) is 4.82. The molecular weight excluding hydrogens is 341 g/mol. The van der Waals surface area contributed by atoms with E-state index < -0.39 is 0 Å². The van der Waals surface area contributed by atoms with Crippen LogP contribution in [0.3, 0.4) is 0 Å². The summed E-state index contributed by atoms with van der Waals surface area (Å²) in [7, 11) is 0. The van der Waals surface area contributed by atoms with Crippen molar-refractivity contribution in [3.8, 4) is 0 Å². The molecule has 3 aromatic rings. The van der Waals surface area contributed by atoms with Crippen molar-refractivity contribution in [2.75, 3.05) is 38.6 Å². The fourth-order valence-corrected chi connectivity index (χ4v) is 4.11. The molecule has 0 saturated carbocycles. The van der Waals surface area contributed by atoms with Gasteiger partial charge in [-0.05, 0) is 25.1 Å². The van der Waals surface area contributed by atoms with Crippen molar-refractivity contribution in [3.05, 3.63) is 24.0 Å². The monoisotopic (exact) mass is 362 g/mol. The zero-order valence-electron chi connectivity index (χ0n) is 14.2. The van der Waals surface area contributed by atoms with E-state index in [1.807, 2.05) is 0 Å². The molecule has 2 aromatic heterocycles. The number of nitrogens with zero attached hydrogens (tertiary/aromatic N) is 4. The van der Waals surface area contributed by atoms with Crippen LogP contribution < -0.4 is 4.90 Å². The Morgan fingerprint density at radius 1 is 1.28 bits per heavy atom. The maximum atomic E-state index is 13.6. The van der Waals surface area contributed by atoms with Crippen molar-refractivity contribution >= 4 is 33.8 Å². The molecule has 132 valence electrons. The molecule has 25 heavy (non-hydrogen) atoms. The maximum Gasteiger partial charge on any atom is 0.211 e. The number of quaternary nitrogens is 1. The second-order valence-electron chi connectivity index (χ2n) is 6.13. The molecule has 0 bridgehead atoms. The van der Waals surface area contributed by atoms with E-state index in [4.69, 9.17) is 9.72 Å². The summed E-state index contributed by atoms with van der Waals surface area (Å²) in [6.45, 7) is 7.69. The van der Waals surface area contributed by atoms with Crippen LogP contribution >= 0.6 is 11.8 Å². The van der Waals surface area contributed by atoms with Crippen LogP contribution in [0.2, 0.25) is 0 Å². The lowest BCUT2D eigenvalue weighted by atomic mass is 10.2. The summed E-state index contributed by atoms with van der Waals surface area (Å²) in [5, 5.41) is 10.0. The number of benzene rings is 1. The van der Waals surface area contributed by atoms with Gasteiger partial charge in [0.2, 0.25) is 5.16 Å². The summed E-state index contributed by atoms with van der Waals surface area (Å²) in [5.74, 6) is 0.681. The molecule has 1 saturated heterocycles. The summed E-state index contributed by atoms with van der Waals surface area (Å²) in [6, 6.07) is 4.77. The number of halogens is 1. The summed E-state index contributed by atoms with van der Waals surface area (Å²) in [6.07, 6.45) is 0. The number of aromatic nitrogens is 4. The van der Waals surface area contributed by atoms with Crippen molar-refractivity contribution in [1.82, 2.24) is 19.7 Å². The van der Waals surface area contributed by atoms with E-state index >= 15 is 0 Å². The zero-order valence-corrected chi connectivity index (χ0v) is 15.0. The molecule has 0 radical (unpaired) electrons. The second-order valence-corrected chi connectivity index (χ2v) is 7.20. The average Bonchev–Trinajstić information content (AvgIpc) is 2.95. The van der Waals surface area contributed by atoms with Crippen LogP contribution in [0.25, 0.3) is 22.1 Å². The van der Waals surface area contributed by atoms with Crippen molar-refractivity contribution < 1.29 is 14.0 Å². The minimum Gasteiger partial charge on any atom is -0.370 e. The molecule has 0 aliphatic carbocycles. The molecule has 1 N–H and O–H groups in total. The predicted octanol–water partition coefficient (Wildman–Crippen LogP) is 1.15. The first-order chi connectivity index (χ1) is 12.3. The third-order valence-corrected chi connectivity index (χ3v) is 5.45. The van der Waals surface area contributed by atoms with Gasteiger partial charge in [-0.2, -0.15) is 0 Å². The van der Waals surface area contributed by atoms with Crippen LogP contribution in [0.4, 0.5) is 4.39 Å². The smallest absolute Gasteiger partial charge is 0.211 e. The van der Waals surface area contributed by atoms with Crippen molar-refractivity contribution in [1.29, 1.82) is 0 Å². The first-order valence-corrected chi connectivity index (χ1v) is 9.61. The SMILES string of the molecule is CCn1c2ccc(F)cc2c2nnc(SCC[NH+]3CCOCC3)nc21. The van der Waals surface area contributed by atoms with Crippen LogP contribution in [0, 0.1) is 5.82 Å². The maximum absolute atomic E-state index is 13.6. The number of hydrogen-bond donors (Lipinski definition) is 1. The molecule has 1 aliphatic rings. The molecule has 0 spiro atoms. The van der Waals surface area contributed by atoms with E-state index in [-0.39, 0.29) is 5.82 Å². The fraction of sp³-hybridized carbons (Fsp3) is 0.471. The highest BCUT2D eigenvalue weighted by Gasteiger charge is 2.16. The lowest BCUT2D eigenvalue weighted by Gasteiger charge is -2.23. The summed E-state index contributed by atoms with van der Waals surface area (Å²) in [4.78, 5) is 6.25. The number of aryl methyl sites for hydroxylation is 1. The molecular formula is C17H21FN5OS+. The van der Waals surface area contributed by atoms with Gasteiger partial charge in [0.05, 0.1) is 31.0 Å². The number of rotatable bonds is 5. The number of thioether (sulfide) groups is 1. The molecule has 0 unspecified atom stereocenters. The topological polar surface area (TPSA) is 57.3 Å². The van der Waals surface area contributed by atoms with Gasteiger partial charge in [0.15, 0.2) is 5.65 Å². The van der Waals surface area contributed by atoms with E-state index in [1.54, 1.807) is 22.7 Å². The van der Waals surface area contributed by atoms with Gasteiger partial charge < -0.3 is 14.2 Å². The average molecular weight is 362 g/mol. The normalized spacial score (nSPS) is 16.1. The molecule has 0 atom stereocenters. The van der Waals surface area contributed by atoms with Crippen LogP contribution in [-0.2, 0) is 11.3 Å². The molecule has 1 aromatic carbocycles. The quantitative estimate of drug-likeness (QED) is 0.690. The third-order valence-electron chi connectivity index (χ3n) is 4.61. The Balaban J connectivity index is 1.57. The molecule has 1 aliphatic heterocycles. The first kappa shape index (κ1) is 16.7. The zero-order chi connectivity index (χ0) is 17.2. The van der Waals surface area contributed by atoms with Crippen molar-refractivity contribution in [2.45, 2.75) is 18.6 Å². The van der Waals surface area contributed by atoms with E-state index in [9.17, 15) is 4.39 Å². The van der Waals surface area contributed by atoms with Crippen LogP contribution in [0.1, 0.15) is 6.92 Å². The van der Waals surface area contributed by atoms with Gasteiger partial charge in [0.25, 0.3) is 0 Å². The van der Waals surface area contributed by atoms with Gasteiger partial charge in [-0.1, -0.05) is 11.8 Å². The Morgan fingerprint density at radius 3 is 2.92 bits per heavy atom. The number of nitrogens with one attached hydrogen (secondary N) is 1. The van der Waals surface area contributed by atoms with E-state index in [2.05, 4.69) is 21.7 Å². The van der Waals surface area contributed by atoms with Crippen LogP contribution in [0.5, 0.6) is 0 Å². The van der Waals surface area contributed by atoms with Crippen LogP contribution in [0.15, 0.2) is 23.4 Å². The number of hydrogen-bond acceptors (Lipinski definition) is 5. The molecule has 4 rings (SSSR count). The highest BCUT2D eigenvalue weighted by molar-refractivity contribution is 7.99. The predicted molar refractivity (Wildman–Crippen MR) is 95.6 cm³/mol. The Labute approximate surface area is 149 Å². The Morgan fingerprint density at radius 2 is 2.12 bits per heavy atom. The number of ether oxygens (including phenoxy) is 1. The molecule has 6 nitrogen and oxygen atoms in total. The molecule has 1 fully saturated rings. The Hall–Kier alpha value is -1.77. The van der Waals surface area contributed by atoms with Crippen molar-refractivity contribution in [2.24, 2.45) is 0 Å². The molecule has 0 amide bonds. The van der Waals surface area contributed by atoms with Crippen LogP contribution in [-0.4, -0.2) is 58.3 Å². The van der Waals surface area contributed by atoms with Gasteiger partial charge in [-0.3, -0.25) is 0 Å². The van der Waals surface area contributed by atoms with Gasteiger partial charge in [-0.25, -0.2) is 9.37 Å². The molecule has 3 heterocycles. The van der Waals surface area contributed by atoms with Gasteiger partial charge in [-0.15, -0.1) is 10.2 Å². The highest BCUT2D eigenvalue weighted by atomic mass is 32.2. The highest BCUT2D eigenvalue weighted by Crippen LogP contribution is 2.27. The number of morpholine rings is 1. The lowest BCUT2D eigenvalue weighted by molar-refractivity contribution is -0.905. The Bertz CT molecular complexity index is 894. The van der Waals surface area contributed by atoms with Gasteiger partial charge in [0.1, 0.15) is 24.4 Å². The summed E-state index contributed by atoms with van der Waals surface area (Å²) in [5.41, 5.74) is 2.39. The van der Waals surface area contributed by atoms with E-state index in [0.717, 1.165) is 61.7 Å². The standard InChI is InChI=1S/C17H20FN5OS/c1-2-23-14-4-3-12(18)11-13(14)15-16(23)19-17(21-20-15)25-10-7-22-5-8-24-9-6-22/h3-4,11H,2,5-10H2,1H3/p+1. The number of fused-ring (bicyclic) bond motifs is 3. The van der Waals surface area contributed by atoms with Crippen molar-refractivity contribution in [3.63, 3.8) is 0 Å². The summed E-state index contributed by atoms with van der Waals surface area (Å²) >= 11 is 1.63. The largest absolute Gasteiger partial charge is 0.370 e. The summed E-state index contributed by atoms with van der Waals surface area (Å²) < 4.78 is 21.1. The fourth-order valence-electron chi connectivity index (χ4n) is 3.29. The lowest BCUT2D eigenvalue weighted by Crippen LogP contribution is -3.14.